The Balaban J connectivity index is 2.38. The second kappa shape index (κ2) is 42.9. The Kier molecular flexibility index (Phi) is 40.3. The third-order valence-corrected chi connectivity index (χ3v) is 13.0. The van der Waals surface area contributed by atoms with Crippen LogP contribution in [0.15, 0.2) is 36.5 Å². The molecule has 12 nitrogen and oxygen atoms in total. The summed E-state index contributed by atoms with van der Waals surface area (Å²) in [5, 5.41) is 30.9. The third-order valence-electron chi connectivity index (χ3n) is 12.3. The minimum Gasteiger partial charge on any atom is -0.462 e. The highest BCUT2D eigenvalue weighted by atomic mass is 32.2. The molecule has 386 valence electrons. The summed E-state index contributed by atoms with van der Waals surface area (Å²) >= 11 is 0. The van der Waals surface area contributed by atoms with E-state index < -0.39 is 71.2 Å². The highest BCUT2D eigenvalue weighted by Gasteiger charge is 2.46. The van der Waals surface area contributed by atoms with Crippen LogP contribution >= 0.6 is 0 Å². The van der Waals surface area contributed by atoms with Crippen LogP contribution < -0.4 is 0 Å². The van der Waals surface area contributed by atoms with Crippen molar-refractivity contribution in [3.63, 3.8) is 0 Å². The maximum absolute atomic E-state index is 12.7. The Morgan fingerprint density at radius 1 is 0.545 bits per heavy atom. The topological polar surface area (TPSA) is 186 Å². The number of hydrogen-bond donors (Lipinski definition) is 4. The van der Waals surface area contributed by atoms with Crippen LogP contribution in [0.5, 0.6) is 0 Å². The lowest BCUT2D eigenvalue weighted by Crippen LogP contribution is -2.60. The normalized spacial score (nSPS) is 19.6. The summed E-state index contributed by atoms with van der Waals surface area (Å²) in [4.78, 5) is 25.4. The number of allylic oxidation sites excluding steroid dienone is 5. The van der Waals surface area contributed by atoms with Crippen LogP contribution in [-0.4, -0.2) is 96.0 Å². The summed E-state index contributed by atoms with van der Waals surface area (Å²) < 4.78 is 54.0. The van der Waals surface area contributed by atoms with Crippen molar-refractivity contribution in [1.29, 1.82) is 0 Å². The van der Waals surface area contributed by atoms with E-state index in [1.54, 1.807) is 12.2 Å². The molecule has 0 aromatic heterocycles. The van der Waals surface area contributed by atoms with Crippen LogP contribution in [0, 0.1) is 0 Å². The zero-order valence-corrected chi connectivity index (χ0v) is 42.4. The molecule has 1 saturated heterocycles. The first-order valence-electron chi connectivity index (χ1n) is 26.6. The van der Waals surface area contributed by atoms with Crippen molar-refractivity contribution in [1.82, 2.24) is 0 Å². The molecule has 2 unspecified atom stereocenters. The van der Waals surface area contributed by atoms with E-state index in [4.69, 9.17) is 18.9 Å². The molecule has 0 bridgehead atoms. The number of aliphatic hydroxyl groups is 3. The van der Waals surface area contributed by atoms with E-state index in [1.807, 2.05) is 6.08 Å². The first-order chi connectivity index (χ1) is 32.0. The monoisotopic (exact) mass is 957 g/mol. The van der Waals surface area contributed by atoms with Gasteiger partial charge in [-0.05, 0) is 38.5 Å². The Hall–Kier alpha value is -2.13. The second-order valence-corrected chi connectivity index (χ2v) is 20.1. The second-order valence-electron chi connectivity index (χ2n) is 18.6. The van der Waals surface area contributed by atoms with Crippen molar-refractivity contribution >= 4 is 22.1 Å². The summed E-state index contributed by atoms with van der Waals surface area (Å²) in [6.45, 7) is 3.67. The third kappa shape index (κ3) is 36.9. The van der Waals surface area contributed by atoms with E-state index in [0.29, 0.717) is 6.42 Å². The first-order valence-corrected chi connectivity index (χ1v) is 28.2. The molecule has 0 radical (unpaired) electrons. The number of unbranched alkanes of at least 4 members (excludes halogenated alkanes) is 30. The standard InChI is InChI=1S/C53H96O12S/c1-3-5-7-9-11-13-15-17-19-20-21-22-23-24-25-26-28-29-31-33-35-37-39-41-48(54)62-43-46(44-63-53-52(58)51(57)50(56)47(65-53)45-66(59,60)61)64-49(55)42-40-38-36-34-32-30-27-18-16-14-12-10-8-6-4-2/h33,35-36,38,40,42,46-47,50-53,56-58H,3-32,34,37,39,41,43-45H2,1-2H3,(H,59,60,61)/b35-33+,38-36+,42-40+/t46-,47-,50-,51?,52?,53+/m1/s1. The fraction of sp³-hybridized carbons (Fsp3) is 0.849. The molecular formula is C53H96O12S. The van der Waals surface area contributed by atoms with Gasteiger partial charge in [-0.2, -0.15) is 8.42 Å². The largest absolute Gasteiger partial charge is 0.462 e. The van der Waals surface area contributed by atoms with Gasteiger partial charge in [-0.3, -0.25) is 9.35 Å². The maximum atomic E-state index is 12.7. The number of carbonyl (C=O) groups is 2. The van der Waals surface area contributed by atoms with E-state index in [9.17, 15) is 37.9 Å². The van der Waals surface area contributed by atoms with Gasteiger partial charge in [0.1, 0.15) is 36.8 Å². The first kappa shape index (κ1) is 61.9. The van der Waals surface area contributed by atoms with Gasteiger partial charge in [-0.15, -0.1) is 0 Å². The highest BCUT2D eigenvalue weighted by Crippen LogP contribution is 2.24. The van der Waals surface area contributed by atoms with E-state index >= 15 is 0 Å². The molecule has 0 spiro atoms. The van der Waals surface area contributed by atoms with Crippen LogP contribution in [0.2, 0.25) is 0 Å². The van der Waals surface area contributed by atoms with Gasteiger partial charge in [0, 0.05) is 12.5 Å². The Morgan fingerprint density at radius 3 is 1.42 bits per heavy atom. The van der Waals surface area contributed by atoms with Crippen LogP contribution in [0.25, 0.3) is 0 Å². The molecule has 1 heterocycles. The fourth-order valence-electron chi connectivity index (χ4n) is 8.18. The average Bonchev–Trinajstić information content (AvgIpc) is 3.28. The molecule has 1 aliphatic heterocycles. The van der Waals surface area contributed by atoms with Gasteiger partial charge < -0.3 is 34.3 Å². The van der Waals surface area contributed by atoms with Crippen molar-refractivity contribution in [2.75, 3.05) is 19.0 Å². The summed E-state index contributed by atoms with van der Waals surface area (Å²) in [5.41, 5.74) is 0. The molecule has 4 N–H and O–H groups in total. The number of aliphatic hydroxyl groups excluding tert-OH is 3. The maximum Gasteiger partial charge on any atom is 0.331 e. The van der Waals surface area contributed by atoms with Crippen LogP contribution in [0.1, 0.15) is 232 Å². The van der Waals surface area contributed by atoms with E-state index in [1.165, 1.54) is 173 Å². The van der Waals surface area contributed by atoms with Crippen LogP contribution in [0.3, 0.4) is 0 Å². The quantitative estimate of drug-likeness (QED) is 0.0113. The molecule has 1 fully saturated rings. The van der Waals surface area contributed by atoms with Gasteiger partial charge in [0.05, 0.1) is 6.61 Å². The summed E-state index contributed by atoms with van der Waals surface area (Å²) in [6, 6.07) is 0. The molecule has 0 aliphatic carbocycles. The molecule has 6 atom stereocenters. The molecule has 0 aromatic carbocycles. The SMILES string of the molecule is CCCCCCCCCCCCC/C=C/C=C/C(=O)O[C@H](COC(=O)CCC/C=C/CCCCCCCCCCCCCCCCCCCC)CO[C@H]1O[C@H](CS(=O)(=O)O)[C@@H](O)C(O)C1O. The smallest absolute Gasteiger partial charge is 0.331 e. The minimum atomic E-state index is -4.62. The Bertz CT molecular complexity index is 1350. The predicted octanol–water partition coefficient (Wildman–Crippen LogP) is 12.1. The van der Waals surface area contributed by atoms with Crippen LogP contribution in [0.4, 0.5) is 0 Å². The lowest BCUT2D eigenvalue weighted by Gasteiger charge is -2.40. The molecule has 0 amide bonds. The van der Waals surface area contributed by atoms with Crippen molar-refractivity contribution < 1.29 is 56.8 Å². The van der Waals surface area contributed by atoms with Gasteiger partial charge in [-0.25, -0.2) is 4.79 Å². The summed E-state index contributed by atoms with van der Waals surface area (Å²) in [5.74, 6) is -2.28. The number of carbonyl (C=O) groups excluding carboxylic acids is 2. The minimum absolute atomic E-state index is 0.153. The fourth-order valence-corrected chi connectivity index (χ4v) is 8.87. The number of ether oxygens (including phenoxy) is 4. The van der Waals surface area contributed by atoms with Gasteiger partial charge in [0.2, 0.25) is 0 Å². The number of rotatable bonds is 45. The molecule has 66 heavy (non-hydrogen) atoms. The molecule has 13 heteroatoms. The van der Waals surface area contributed by atoms with Gasteiger partial charge in [0.15, 0.2) is 12.4 Å². The Morgan fingerprint density at radius 2 is 0.970 bits per heavy atom. The van der Waals surface area contributed by atoms with Gasteiger partial charge in [-0.1, -0.05) is 218 Å². The summed E-state index contributed by atoms with van der Waals surface area (Å²) in [6.07, 6.45) is 42.7. The van der Waals surface area contributed by atoms with Crippen molar-refractivity contribution in [2.24, 2.45) is 0 Å². The summed E-state index contributed by atoms with van der Waals surface area (Å²) in [7, 11) is -4.62. The van der Waals surface area contributed by atoms with E-state index in [2.05, 4.69) is 26.0 Å². The van der Waals surface area contributed by atoms with E-state index in [0.717, 1.165) is 38.5 Å². The molecule has 0 aromatic rings. The lowest BCUT2D eigenvalue weighted by molar-refractivity contribution is -0.297. The van der Waals surface area contributed by atoms with Crippen molar-refractivity contribution in [3.8, 4) is 0 Å². The zero-order chi connectivity index (χ0) is 48.4. The molecular weight excluding hydrogens is 861 g/mol. The lowest BCUT2D eigenvalue weighted by atomic mass is 10.00. The predicted molar refractivity (Wildman–Crippen MR) is 266 cm³/mol. The number of esters is 2. The highest BCUT2D eigenvalue weighted by molar-refractivity contribution is 7.85. The van der Waals surface area contributed by atoms with Crippen molar-refractivity contribution in [3.05, 3.63) is 36.5 Å². The molecule has 1 rings (SSSR count). The van der Waals surface area contributed by atoms with E-state index in [-0.39, 0.29) is 13.0 Å². The van der Waals surface area contributed by atoms with Crippen LogP contribution in [-0.2, 0) is 38.7 Å². The molecule has 0 saturated carbocycles. The van der Waals surface area contributed by atoms with Crippen molar-refractivity contribution in [2.45, 2.75) is 269 Å². The van der Waals surface area contributed by atoms with Gasteiger partial charge in [0.25, 0.3) is 10.1 Å². The molecule has 1 aliphatic rings. The zero-order valence-electron chi connectivity index (χ0n) is 41.6. The number of hydrogen-bond acceptors (Lipinski definition) is 11. The Labute approximate surface area is 401 Å². The van der Waals surface area contributed by atoms with Gasteiger partial charge >= 0.3 is 11.9 Å². The average molecular weight is 957 g/mol.